The number of halogens is 1. The van der Waals surface area contributed by atoms with Crippen LogP contribution in [0.5, 0.6) is 11.5 Å². The molecule has 0 unspecified atom stereocenters. The highest BCUT2D eigenvalue weighted by Gasteiger charge is 2.29. The minimum absolute atomic E-state index is 0.0836. The van der Waals surface area contributed by atoms with Gasteiger partial charge in [-0.2, -0.15) is 0 Å². The maximum absolute atomic E-state index is 13.8. The molecule has 0 spiro atoms. The zero-order chi connectivity index (χ0) is 32.2. The van der Waals surface area contributed by atoms with Gasteiger partial charge in [0.2, 0.25) is 0 Å². The highest BCUT2D eigenvalue weighted by atomic mass is 35.5. The number of imidazole rings is 1. The molecule has 1 aromatic carbocycles. The summed E-state index contributed by atoms with van der Waals surface area (Å²) in [5.74, 6) is 1.00. The zero-order valence-corrected chi connectivity index (χ0v) is 26.4. The number of pyridine rings is 1. The summed E-state index contributed by atoms with van der Waals surface area (Å²) >= 11 is 6.73. The number of methoxy groups -OCH3 is 1. The number of rotatable bonds is 12. The summed E-state index contributed by atoms with van der Waals surface area (Å²) in [4.78, 5) is 50.3. The molecular formula is C32H34ClN9O4. The van der Waals surface area contributed by atoms with E-state index in [1.54, 1.807) is 29.3 Å². The zero-order valence-electron chi connectivity index (χ0n) is 25.6. The molecule has 13 nitrogen and oxygen atoms in total. The van der Waals surface area contributed by atoms with Crippen molar-refractivity contribution in [3.63, 3.8) is 0 Å². The molecule has 3 amide bonds. The van der Waals surface area contributed by atoms with Crippen molar-refractivity contribution in [2.45, 2.75) is 39.2 Å². The normalized spacial score (nSPS) is 13.4. The number of amides is 3. The summed E-state index contributed by atoms with van der Waals surface area (Å²) in [6.07, 6.45) is 9.91. The Labute approximate surface area is 270 Å². The van der Waals surface area contributed by atoms with E-state index >= 15 is 0 Å². The van der Waals surface area contributed by atoms with E-state index in [0.29, 0.717) is 65.0 Å². The third kappa shape index (κ3) is 6.05. The SMILES string of the molecule is C=C(C(=O)Nc1ncnc2nc[nH]c12)n1cc(Cl)c2c(CN3CCCN(c4ccc(OC)c(OCCCCC)c4)C3=O)ccnc21. The predicted octanol–water partition coefficient (Wildman–Crippen LogP) is 5.88. The number of unbranched alkanes of at least 4 members (excludes halogenated alkanes) is 2. The van der Waals surface area contributed by atoms with Gasteiger partial charge in [0.05, 0.1) is 25.1 Å². The van der Waals surface area contributed by atoms with E-state index in [4.69, 9.17) is 21.1 Å². The Bertz CT molecular complexity index is 1920. The number of ether oxygens (including phenoxy) is 2. The van der Waals surface area contributed by atoms with E-state index in [1.165, 1.54) is 17.2 Å². The van der Waals surface area contributed by atoms with Gasteiger partial charge in [-0.05, 0) is 36.6 Å². The molecule has 0 radical (unpaired) electrons. The lowest BCUT2D eigenvalue weighted by Crippen LogP contribution is -2.49. The van der Waals surface area contributed by atoms with Gasteiger partial charge < -0.3 is 24.7 Å². The smallest absolute Gasteiger partial charge is 0.324 e. The molecular weight excluding hydrogens is 610 g/mol. The third-order valence-corrected chi connectivity index (χ3v) is 8.16. The van der Waals surface area contributed by atoms with Gasteiger partial charge in [-0.25, -0.2) is 24.7 Å². The molecule has 5 aromatic rings. The summed E-state index contributed by atoms with van der Waals surface area (Å²) in [6, 6.07) is 7.27. The number of nitrogens with zero attached hydrogens (tertiary/aromatic N) is 7. The summed E-state index contributed by atoms with van der Waals surface area (Å²) in [7, 11) is 1.60. The number of H-pyrrole nitrogens is 1. The Kier molecular flexibility index (Phi) is 9.01. The Balaban J connectivity index is 1.21. The van der Waals surface area contributed by atoms with Crippen LogP contribution in [0.25, 0.3) is 27.9 Å². The number of carbonyl (C=O) groups is 2. The van der Waals surface area contributed by atoms with Crippen LogP contribution in [0.4, 0.5) is 16.3 Å². The fraction of sp³-hybridized carbons (Fsp3) is 0.312. The number of hydrogen-bond acceptors (Lipinski definition) is 8. The number of urea groups is 1. The molecule has 0 saturated carbocycles. The van der Waals surface area contributed by atoms with Crippen LogP contribution >= 0.6 is 11.6 Å². The molecule has 14 heteroatoms. The quantitative estimate of drug-likeness (QED) is 0.127. The minimum Gasteiger partial charge on any atom is -0.493 e. The summed E-state index contributed by atoms with van der Waals surface area (Å²) in [5, 5.41) is 3.76. The molecule has 1 saturated heterocycles. The van der Waals surface area contributed by atoms with Crippen molar-refractivity contribution in [1.29, 1.82) is 0 Å². The summed E-state index contributed by atoms with van der Waals surface area (Å²) in [5.41, 5.74) is 2.97. The highest BCUT2D eigenvalue weighted by molar-refractivity contribution is 6.36. The van der Waals surface area contributed by atoms with Gasteiger partial charge in [0, 0.05) is 49.2 Å². The van der Waals surface area contributed by atoms with Gasteiger partial charge in [0.15, 0.2) is 23.0 Å². The molecule has 1 aliphatic heterocycles. The molecule has 46 heavy (non-hydrogen) atoms. The van der Waals surface area contributed by atoms with Crippen molar-refractivity contribution in [2.24, 2.45) is 0 Å². The molecule has 2 N–H and O–H groups in total. The Morgan fingerprint density at radius 2 is 2.00 bits per heavy atom. The van der Waals surface area contributed by atoms with Crippen LogP contribution in [0.1, 0.15) is 38.2 Å². The number of benzene rings is 1. The van der Waals surface area contributed by atoms with Crippen molar-refractivity contribution in [1.82, 2.24) is 34.4 Å². The molecule has 1 aliphatic rings. The molecule has 1 fully saturated rings. The van der Waals surface area contributed by atoms with E-state index < -0.39 is 5.91 Å². The maximum atomic E-state index is 13.8. The standard InChI is InChI=1S/C32H34ClN9O4/c1-4-5-6-14-46-25-15-22(8-9-24(25)45-3)41-13-7-12-40(32(41)44)16-21-10-11-34-30-26(21)23(33)17-42(30)20(2)31(43)39-29-27-28(36-18-35-27)37-19-38-29/h8-11,15,17-19H,2,4-7,12-14,16H2,1,3H3,(H2,35,36,37,38,39,43). The lowest BCUT2D eigenvalue weighted by Gasteiger charge is -2.36. The van der Waals surface area contributed by atoms with Crippen LogP contribution in [0.2, 0.25) is 5.02 Å². The summed E-state index contributed by atoms with van der Waals surface area (Å²) < 4.78 is 13.1. The van der Waals surface area contributed by atoms with Crippen molar-refractivity contribution in [3.05, 3.63) is 66.5 Å². The average molecular weight is 644 g/mol. The van der Waals surface area contributed by atoms with Gasteiger partial charge in [-0.1, -0.05) is 37.9 Å². The fourth-order valence-electron chi connectivity index (χ4n) is 5.51. The number of hydrogen-bond donors (Lipinski definition) is 2. The molecule has 0 bridgehead atoms. The van der Waals surface area contributed by atoms with Crippen molar-refractivity contribution >= 4 is 62.9 Å². The monoisotopic (exact) mass is 643 g/mol. The number of aromatic amines is 1. The summed E-state index contributed by atoms with van der Waals surface area (Å²) in [6.45, 7) is 8.16. The largest absolute Gasteiger partial charge is 0.493 e. The van der Waals surface area contributed by atoms with E-state index in [9.17, 15) is 9.59 Å². The highest BCUT2D eigenvalue weighted by Crippen LogP contribution is 2.35. The molecule has 0 aliphatic carbocycles. The van der Waals surface area contributed by atoms with Gasteiger partial charge in [0.1, 0.15) is 23.2 Å². The number of fused-ring (bicyclic) bond motifs is 2. The number of anilines is 2. The second-order valence-corrected chi connectivity index (χ2v) is 11.2. The second-order valence-electron chi connectivity index (χ2n) is 10.8. The first-order chi connectivity index (χ1) is 22.4. The lowest BCUT2D eigenvalue weighted by atomic mass is 10.1. The topological polar surface area (TPSA) is 143 Å². The molecule has 5 heterocycles. The van der Waals surface area contributed by atoms with E-state index in [2.05, 4.69) is 43.7 Å². The first kappa shape index (κ1) is 30.8. The average Bonchev–Trinajstić information content (AvgIpc) is 3.69. The van der Waals surface area contributed by atoms with E-state index in [1.807, 2.05) is 24.3 Å². The van der Waals surface area contributed by atoms with Gasteiger partial charge in [0.25, 0.3) is 5.91 Å². The van der Waals surface area contributed by atoms with Crippen LogP contribution in [-0.4, -0.2) is 73.1 Å². The molecule has 238 valence electrons. The second kappa shape index (κ2) is 13.4. The number of nitrogens with one attached hydrogen (secondary N) is 2. The van der Waals surface area contributed by atoms with Gasteiger partial charge in [-0.15, -0.1) is 0 Å². The lowest BCUT2D eigenvalue weighted by molar-refractivity contribution is -0.111. The Morgan fingerprint density at radius 1 is 1.13 bits per heavy atom. The Morgan fingerprint density at radius 3 is 2.83 bits per heavy atom. The van der Waals surface area contributed by atoms with Gasteiger partial charge in [-0.3, -0.25) is 14.3 Å². The molecule has 4 aromatic heterocycles. The minimum atomic E-state index is -0.509. The van der Waals surface area contributed by atoms with Crippen LogP contribution < -0.4 is 19.7 Å². The van der Waals surface area contributed by atoms with E-state index in [-0.39, 0.29) is 17.5 Å². The van der Waals surface area contributed by atoms with Crippen LogP contribution in [0, 0.1) is 0 Å². The predicted molar refractivity (Wildman–Crippen MR) is 176 cm³/mol. The Hall–Kier alpha value is -5.17. The van der Waals surface area contributed by atoms with Gasteiger partial charge >= 0.3 is 6.03 Å². The number of carbonyl (C=O) groups excluding carboxylic acids is 2. The fourth-order valence-corrected chi connectivity index (χ4v) is 5.81. The first-order valence-electron chi connectivity index (χ1n) is 15.1. The van der Waals surface area contributed by atoms with Crippen LogP contribution in [0.15, 0.2) is 55.9 Å². The van der Waals surface area contributed by atoms with Crippen molar-refractivity contribution < 1.29 is 19.1 Å². The molecule has 6 rings (SSSR count). The maximum Gasteiger partial charge on any atom is 0.324 e. The number of aromatic nitrogens is 6. The van der Waals surface area contributed by atoms with Crippen LogP contribution in [0.3, 0.4) is 0 Å². The van der Waals surface area contributed by atoms with Crippen molar-refractivity contribution in [3.8, 4) is 11.5 Å². The van der Waals surface area contributed by atoms with E-state index in [0.717, 1.165) is 36.9 Å². The molecule has 0 atom stereocenters. The first-order valence-corrected chi connectivity index (χ1v) is 15.4. The third-order valence-electron chi connectivity index (χ3n) is 7.87. The van der Waals surface area contributed by atoms with Crippen LogP contribution in [-0.2, 0) is 11.3 Å². The van der Waals surface area contributed by atoms with Crippen molar-refractivity contribution in [2.75, 3.05) is 37.0 Å².